The highest BCUT2D eigenvalue weighted by molar-refractivity contribution is 5.76. The van der Waals surface area contributed by atoms with Crippen molar-refractivity contribution in [3.63, 3.8) is 0 Å². The number of carbonyl (C=O) groups is 1. The molecule has 0 aromatic rings. The third-order valence-corrected chi connectivity index (χ3v) is 13.2. The second-order valence-electron chi connectivity index (χ2n) is 18.8. The van der Waals surface area contributed by atoms with Gasteiger partial charge in [-0.3, -0.25) is 4.79 Å². The SMILES string of the molecule is CCCCCCCCCCCCCCCCCCCCCCCCCC(=O)N[C@@H](CNC1[C@H](O)[C@H](O)C(O)[C@H](O)[C@H]1O)[C@H](O)[C@H](O)CCCCCCCCCCCCCC. The molecule has 1 amide bonds. The molecular formula is C50H100N2O8. The highest BCUT2D eigenvalue weighted by Crippen LogP contribution is 2.23. The number of rotatable bonds is 43. The molecule has 1 rings (SSSR count). The number of nitrogens with one attached hydrogen (secondary N) is 2. The Morgan fingerprint density at radius 1 is 0.417 bits per heavy atom. The zero-order valence-corrected chi connectivity index (χ0v) is 39.1. The second-order valence-corrected chi connectivity index (χ2v) is 18.8. The molecule has 1 saturated carbocycles. The normalized spacial score (nSPS) is 22.2. The van der Waals surface area contributed by atoms with E-state index in [1.807, 2.05) is 0 Å². The smallest absolute Gasteiger partial charge is 0.220 e. The van der Waals surface area contributed by atoms with Crippen LogP contribution in [-0.4, -0.2) is 103 Å². The summed E-state index contributed by atoms with van der Waals surface area (Å²) >= 11 is 0. The first-order valence-electron chi connectivity index (χ1n) is 25.9. The van der Waals surface area contributed by atoms with Crippen molar-refractivity contribution in [1.29, 1.82) is 0 Å². The molecule has 358 valence electrons. The molecule has 9 N–H and O–H groups in total. The van der Waals surface area contributed by atoms with E-state index in [4.69, 9.17) is 0 Å². The van der Waals surface area contributed by atoms with Gasteiger partial charge in [0.15, 0.2) is 0 Å². The zero-order chi connectivity index (χ0) is 44.1. The Bertz CT molecular complexity index is 930. The van der Waals surface area contributed by atoms with Gasteiger partial charge in [0.25, 0.3) is 0 Å². The summed E-state index contributed by atoms with van der Waals surface area (Å²) < 4.78 is 0. The van der Waals surface area contributed by atoms with Crippen LogP contribution in [-0.2, 0) is 4.79 Å². The predicted molar refractivity (Wildman–Crippen MR) is 248 cm³/mol. The average molecular weight is 857 g/mol. The Morgan fingerprint density at radius 2 is 0.700 bits per heavy atom. The molecule has 1 fully saturated rings. The summed E-state index contributed by atoms with van der Waals surface area (Å²) in [6, 6.07) is -2.16. The Kier molecular flexibility index (Phi) is 37.8. The van der Waals surface area contributed by atoms with Gasteiger partial charge in [-0.15, -0.1) is 0 Å². The van der Waals surface area contributed by atoms with Gasteiger partial charge < -0.3 is 46.4 Å². The first-order valence-corrected chi connectivity index (χ1v) is 25.9. The van der Waals surface area contributed by atoms with Crippen molar-refractivity contribution >= 4 is 5.91 Å². The van der Waals surface area contributed by atoms with E-state index in [0.29, 0.717) is 6.42 Å². The maximum absolute atomic E-state index is 13.1. The first-order chi connectivity index (χ1) is 29.1. The van der Waals surface area contributed by atoms with Crippen LogP contribution in [0, 0.1) is 0 Å². The van der Waals surface area contributed by atoms with Crippen LogP contribution in [0.25, 0.3) is 0 Å². The fourth-order valence-corrected chi connectivity index (χ4v) is 8.98. The maximum Gasteiger partial charge on any atom is 0.220 e. The van der Waals surface area contributed by atoms with Gasteiger partial charge in [0, 0.05) is 13.0 Å². The molecule has 1 aliphatic carbocycles. The number of aliphatic hydroxyl groups excluding tert-OH is 7. The monoisotopic (exact) mass is 857 g/mol. The number of hydrogen-bond donors (Lipinski definition) is 9. The Balaban J connectivity index is 2.27. The third-order valence-electron chi connectivity index (χ3n) is 13.2. The van der Waals surface area contributed by atoms with E-state index in [1.165, 1.54) is 173 Å². The van der Waals surface area contributed by atoms with Gasteiger partial charge in [0.1, 0.15) is 36.6 Å². The largest absolute Gasteiger partial charge is 0.390 e. The third kappa shape index (κ3) is 28.8. The summed E-state index contributed by atoms with van der Waals surface area (Å²) in [6.45, 7) is 4.39. The van der Waals surface area contributed by atoms with Gasteiger partial charge >= 0.3 is 0 Å². The van der Waals surface area contributed by atoms with Crippen LogP contribution in [0.1, 0.15) is 251 Å². The molecule has 1 aliphatic rings. The number of amides is 1. The molecule has 0 aromatic heterocycles. The molecule has 60 heavy (non-hydrogen) atoms. The number of carbonyl (C=O) groups excluding carboxylic acids is 1. The lowest BCUT2D eigenvalue weighted by Crippen LogP contribution is -2.69. The number of aliphatic hydroxyl groups is 7. The molecule has 0 aliphatic heterocycles. The zero-order valence-electron chi connectivity index (χ0n) is 39.1. The van der Waals surface area contributed by atoms with E-state index < -0.39 is 54.8 Å². The van der Waals surface area contributed by atoms with Crippen LogP contribution in [0.15, 0.2) is 0 Å². The van der Waals surface area contributed by atoms with E-state index >= 15 is 0 Å². The van der Waals surface area contributed by atoms with Crippen molar-refractivity contribution in [1.82, 2.24) is 10.6 Å². The predicted octanol–water partition coefficient (Wildman–Crippen LogP) is 9.44. The van der Waals surface area contributed by atoms with Crippen molar-refractivity contribution < 1.29 is 40.5 Å². The summed E-state index contributed by atoms with van der Waals surface area (Å²) in [5.74, 6) is -0.248. The standard InChI is InChI=1S/C50H100N2O8/c1-3-5-7-9-11-13-15-17-18-19-20-21-22-23-24-25-26-27-29-31-33-35-37-39-43(54)52-41(40-51-44-46(56)48(58)50(60)49(59)47(44)57)45(55)42(53)38-36-34-32-30-28-16-14-12-10-8-6-4-2/h41-42,44-51,53,55-60H,3-40H2,1-2H3,(H,52,54)/t41-,42+,44?,45-,46-,47-,48-,49+,50?/m0/s1. The van der Waals surface area contributed by atoms with Gasteiger partial charge in [0.05, 0.1) is 18.2 Å². The van der Waals surface area contributed by atoms with Crippen LogP contribution < -0.4 is 10.6 Å². The van der Waals surface area contributed by atoms with E-state index in [9.17, 15) is 40.5 Å². The molecule has 2 unspecified atom stereocenters. The van der Waals surface area contributed by atoms with Crippen molar-refractivity contribution in [2.75, 3.05) is 6.54 Å². The van der Waals surface area contributed by atoms with Gasteiger partial charge in [0.2, 0.25) is 5.91 Å². The molecule has 9 atom stereocenters. The molecular weight excluding hydrogens is 757 g/mol. The van der Waals surface area contributed by atoms with Gasteiger partial charge in [-0.25, -0.2) is 0 Å². The number of unbranched alkanes of at least 4 members (excludes halogenated alkanes) is 33. The molecule has 0 radical (unpaired) electrons. The highest BCUT2D eigenvalue weighted by Gasteiger charge is 2.48. The van der Waals surface area contributed by atoms with E-state index in [2.05, 4.69) is 24.5 Å². The minimum Gasteiger partial charge on any atom is -0.390 e. The maximum atomic E-state index is 13.1. The van der Waals surface area contributed by atoms with Crippen molar-refractivity contribution in [2.24, 2.45) is 0 Å². The molecule has 0 heterocycles. The lowest BCUT2D eigenvalue weighted by Gasteiger charge is -2.43. The van der Waals surface area contributed by atoms with Gasteiger partial charge in [-0.05, 0) is 12.8 Å². The fourth-order valence-electron chi connectivity index (χ4n) is 8.98. The van der Waals surface area contributed by atoms with Crippen LogP contribution in [0.5, 0.6) is 0 Å². The molecule has 0 bridgehead atoms. The van der Waals surface area contributed by atoms with Crippen molar-refractivity contribution in [3.05, 3.63) is 0 Å². The second kappa shape index (κ2) is 39.7. The average Bonchev–Trinajstić information content (AvgIpc) is 3.24. The van der Waals surface area contributed by atoms with Crippen molar-refractivity contribution in [2.45, 2.75) is 306 Å². The quantitative estimate of drug-likeness (QED) is 0.0270. The van der Waals surface area contributed by atoms with E-state index in [-0.39, 0.29) is 18.9 Å². The highest BCUT2D eigenvalue weighted by atomic mass is 16.4. The van der Waals surface area contributed by atoms with E-state index in [0.717, 1.165) is 51.4 Å². The Hall–Kier alpha value is -0.850. The summed E-state index contributed by atoms with van der Waals surface area (Å²) in [5, 5.41) is 79.3. The summed E-state index contributed by atoms with van der Waals surface area (Å²) in [6.07, 6.45) is 34.4. The molecule has 10 heteroatoms. The van der Waals surface area contributed by atoms with Gasteiger partial charge in [-0.2, -0.15) is 0 Å². The lowest BCUT2D eigenvalue weighted by molar-refractivity contribution is -0.190. The van der Waals surface area contributed by atoms with Crippen molar-refractivity contribution in [3.8, 4) is 0 Å². The van der Waals surface area contributed by atoms with Crippen LogP contribution >= 0.6 is 0 Å². The van der Waals surface area contributed by atoms with Crippen LogP contribution in [0.3, 0.4) is 0 Å². The summed E-state index contributed by atoms with van der Waals surface area (Å²) in [7, 11) is 0. The minimum absolute atomic E-state index is 0.129. The van der Waals surface area contributed by atoms with Crippen LogP contribution in [0.2, 0.25) is 0 Å². The topological polar surface area (TPSA) is 183 Å². The first kappa shape index (κ1) is 57.2. The fraction of sp³-hybridized carbons (Fsp3) is 0.980. The van der Waals surface area contributed by atoms with E-state index in [1.54, 1.807) is 0 Å². The lowest BCUT2D eigenvalue weighted by atomic mass is 9.83. The Morgan fingerprint density at radius 3 is 1.03 bits per heavy atom. The summed E-state index contributed by atoms with van der Waals surface area (Å²) in [5.41, 5.74) is 0. The van der Waals surface area contributed by atoms with Crippen LogP contribution in [0.4, 0.5) is 0 Å². The minimum atomic E-state index is -1.71. The van der Waals surface area contributed by atoms with Gasteiger partial charge in [-0.1, -0.05) is 232 Å². The number of hydrogen-bond acceptors (Lipinski definition) is 9. The summed E-state index contributed by atoms with van der Waals surface area (Å²) in [4.78, 5) is 13.1. The molecule has 10 nitrogen and oxygen atoms in total. The molecule has 0 spiro atoms. The molecule has 0 aromatic carbocycles. The Labute approximate surface area is 368 Å². The molecule has 0 saturated heterocycles.